The van der Waals surface area contributed by atoms with E-state index in [2.05, 4.69) is 67.5 Å². The Morgan fingerprint density at radius 1 is 1.13 bits per heavy atom. The fraction of sp³-hybridized carbons (Fsp3) is 0.300. The van der Waals surface area contributed by atoms with Gasteiger partial charge in [0.15, 0.2) is 0 Å². The molecule has 0 unspecified atom stereocenters. The Hall–Kier alpha value is -1.71. The summed E-state index contributed by atoms with van der Waals surface area (Å²) in [7, 11) is 5.97. The minimum Gasteiger partial charge on any atom is -0.497 e. The highest BCUT2D eigenvalue weighted by molar-refractivity contribution is 7.98. The minimum absolute atomic E-state index is 0.926. The first-order valence-electron chi connectivity index (χ1n) is 7.93. The maximum atomic E-state index is 5.41. The number of hydrogen-bond donors (Lipinski definition) is 0. The number of nitrogens with zero attached hydrogens (tertiary/aromatic N) is 1. The number of hydrogen-bond acceptors (Lipinski definition) is 3. The highest BCUT2D eigenvalue weighted by Gasteiger charge is 2.18. The van der Waals surface area contributed by atoms with Crippen molar-refractivity contribution in [2.75, 3.05) is 27.7 Å². The maximum absolute atomic E-state index is 5.41. The van der Waals surface area contributed by atoms with Crippen LogP contribution in [0.5, 0.6) is 5.75 Å². The van der Waals surface area contributed by atoms with E-state index in [1.54, 1.807) is 7.11 Å². The molecular formula is C20H23NOS. The second-order valence-electron chi connectivity index (χ2n) is 6.02. The molecule has 0 bridgehead atoms. The summed E-state index contributed by atoms with van der Waals surface area (Å²) in [4.78, 5) is 3.53. The van der Waals surface area contributed by atoms with E-state index < -0.39 is 0 Å². The molecule has 23 heavy (non-hydrogen) atoms. The van der Waals surface area contributed by atoms with Gasteiger partial charge in [-0.15, -0.1) is 11.8 Å². The maximum Gasteiger partial charge on any atom is 0.120 e. The first-order valence-corrected chi connectivity index (χ1v) is 8.92. The van der Waals surface area contributed by atoms with E-state index in [1.165, 1.54) is 27.2 Å². The van der Waals surface area contributed by atoms with Crippen molar-refractivity contribution in [3.63, 3.8) is 0 Å². The predicted octanol–water partition coefficient (Wildman–Crippen LogP) is 4.68. The zero-order chi connectivity index (χ0) is 16.2. The molecule has 0 amide bonds. The summed E-state index contributed by atoms with van der Waals surface area (Å²) >= 11 is 1.89. The van der Waals surface area contributed by atoms with Gasteiger partial charge in [0, 0.05) is 17.2 Å². The third kappa shape index (κ3) is 3.62. The van der Waals surface area contributed by atoms with E-state index in [4.69, 9.17) is 4.74 Å². The topological polar surface area (TPSA) is 12.5 Å². The molecule has 2 aromatic carbocycles. The quantitative estimate of drug-likeness (QED) is 0.809. The van der Waals surface area contributed by atoms with Crippen LogP contribution < -0.4 is 4.74 Å². The summed E-state index contributed by atoms with van der Waals surface area (Å²) in [6.45, 7) is 1.06. The summed E-state index contributed by atoms with van der Waals surface area (Å²) in [6, 6.07) is 15.2. The SMILES string of the molecule is COc1ccc2c(c1)SCc1ccccc1/C2=C\CCN(C)C. The number of fused-ring (bicyclic) bond motifs is 2. The molecule has 0 aliphatic carbocycles. The average molecular weight is 325 g/mol. The Labute approximate surface area is 143 Å². The van der Waals surface area contributed by atoms with Gasteiger partial charge < -0.3 is 9.64 Å². The van der Waals surface area contributed by atoms with Gasteiger partial charge in [-0.25, -0.2) is 0 Å². The van der Waals surface area contributed by atoms with E-state index in [0.717, 1.165) is 24.5 Å². The number of rotatable bonds is 4. The predicted molar refractivity (Wildman–Crippen MR) is 99.2 cm³/mol. The second-order valence-corrected chi connectivity index (χ2v) is 7.03. The lowest BCUT2D eigenvalue weighted by molar-refractivity contribution is 0.413. The van der Waals surface area contributed by atoms with E-state index in [0.29, 0.717) is 0 Å². The van der Waals surface area contributed by atoms with Crippen molar-refractivity contribution in [1.29, 1.82) is 0 Å². The smallest absolute Gasteiger partial charge is 0.120 e. The van der Waals surface area contributed by atoms with Crippen LogP contribution in [0.15, 0.2) is 53.4 Å². The highest BCUT2D eigenvalue weighted by atomic mass is 32.2. The van der Waals surface area contributed by atoms with Crippen LogP contribution in [0.25, 0.3) is 5.57 Å². The Bertz CT molecular complexity index is 721. The summed E-state index contributed by atoms with van der Waals surface area (Å²) in [5.41, 5.74) is 5.44. The minimum atomic E-state index is 0.926. The molecule has 1 aliphatic heterocycles. The van der Waals surface area contributed by atoms with Gasteiger partial charge in [-0.1, -0.05) is 30.3 Å². The zero-order valence-electron chi connectivity index (χ0n) is 14.0. The molecule has 0 aromatic heterocycles. The Balaban J connectivity index is 2.07. The lowest BCUT2D eigenvalue weighted by atomic mass is 9.93. The first-order chi connectivity index (χ1) is 11.2. The number of methoxy groups -OCH3 is 1. The molecule has 0 spiro atoms. The molecule has 1 aliphatic rings. The number of benzene rings is 2. The summed E-state index contributed by atoms with van der Waals surface area (Å²) in [5, 5.41) is 0. The fourth-order valence-corrected chi connectivity index (χ4v) is 3.96. The Kier molecular flexibility index (Phi) is 5.09. The van der Waals surface area contributed by atoms with E-state index >= 15 is 0 Å². The standard InChI is InChI=1S/C20H23NOS/c1-21(2)12-6-9-18-17-8-5-4-7-15(17)14-23-20-13-16(22-3)10-11-19(18)20/h4-5,7-11,13H,6,12,14H2,1-3H3/b18-9+. The van der Waals surface area contributed by atoms with Crippen LogP contribution in [0.4, 0.5) is 0 Å². The molecule has 2 nitrogen and oxygen atoms in total. The normalized spacial score (nSPS) is 15.2. The van der Waals surface area contributed by atoms with Crippen molar-refractivity contribution in [1.82, 2.24) is 4.90 Å². The fourth-order valence-electron chi connectivity index (χ4n) is 2.87. The van der Waals surface area contributed by atoms with Crippen molar-refractivity contribution < 1.29 is 4.74 Å². The van der Waals surface area contributed by atoms with E-state index in [-0.39, 0.29) is 0 Å². The molecule has 0 N–H and O–H groups in total. The average Bonchev–Trinajstić information content (AvgIpc) is 2.71. The van der Waals surface area contributed by atoms with Crippen molar-refractivity contribution in [3.8, 4) is 5.75 Å². The van der Waals surface area contributed by atoms with Gasteiger partial charge in [-0.3, -0.25) is 0 Å². The summed E-state index contributed by atoms with van der Waals surface area (Å²) < 4.78 is 5.41. The van der Waals surface area contributed by atoms with Crippen LogP contribution in [0.2, 0.25) is 0 Å². The van der Waals surface area contributed by atoms with Crippen LogP contribution in [-0.4, -0.2) is 32.6 Å². The van der Waals surface area contributed by atoms with Crippen LogP contribution in [0.1, 0.15) is 23.1 Å². The van der Waals surface area contributed by atoms with E-state index in [1.807, 2.05) is 11.8 Å². The molecule has 0 saturated heterocycles. The van der Waals surface area contributed by atoms with Gasteiger partial charge in [0.25, 0.3) is 0 Å². The molecule has 3 rings (SSSR count). The van der Waals surface area contributed by atoms with E-state index in [9.17, 15) is 0 Å². The van der Waals surface area contributed by atoms with Gasteiger partial charge in [-0.05, 0) is 61.0 Å². The monoisotopic (exact) mass is 325 g/mol. The van der Waals surface area contributed by atoms with Gasteiger partial charge in [0.2, 0.25) is 0 Å². The molecule has 2 aromatic rings. The van der Waals surface area contributed by atoms with Crippen LogP contribution in [0, 0.1) is 0 Å². The molecule has 0 saturated carbocycles. The van der Waals surface area contributed by atoms with Crippen molar-refractivity contribution in [3.05, 3.63) is 65.2 Å². The largest absolute Gasteiger partial charge is 0.497 e. The number of ether oxygens (including phenoxy) is 1. The first kappa shape index (κ1) is 16.2. The van der Waals surface area contributed by atoms with Crippen LogP contribution >= 0.6 is 11.8 Å². The molecule has 1 heterocycles. The van der Waals surface area contributed by atoms with Crippen LogP contribution in [0.3, 0.4) is 0 Å². The third-order valence-corrected chi connectivity index (χ3v) is 5.20. The van der Waals surface area contributed by atoms with Crippen molar-refractivity contribution in [2.24, 2.45) is 0 Å². The van der Waals surface area contributed by atoms with Gasteiger partial charge in [0.1, 0.15) is 5.75 Å². The molecule has 0 radical (unpaired) electrons. The van der Waals surface area contributed by atoms with Gasteiger partial charge in [0.05, 0.1) is 7.11 Å². The summed E-state index contributed by atoms with van der Waals surface area (Å²) in [5.74, 6) is 1.93. The Morgan fingerprint density at radius 2 is 1.96 bits per heavy atom. The second kappa shape index (κ2) is 7.24. The Morgan fingerprint density at radius 3 is 2.74 bits per heavy atom. The molecule has 120 valence electrons. The number of thioether (sulfide) groups is 1. The molecule has 0 fully saturated rings. The zero-order valence-corrected chi connectivity index (χ0v) is 14.8. The van der Waals surface area contributed by atoms with Crippen molar-refractivity contribution >= 4 is 17.3 Å². The highest BCUT2D eigenvalue weighted by Crippen LogP contribution is 2.41. The molecule has 3 heteroatoms. The molecule has 0 atom stereocenters. The van der Waals surface area contributed by atoms with Crippen LogP contribution in [-0.2, 0) is 5.75 Å². The van der Waals surface area contributed by atoms with Gasteiger partial charge in [-0.2, -0.15) is 0 Å². The lowest BCUT2D eigenvalue weighted by Gasteiger charge is -2.13. The van der Waals surface area contributed by atoms with Crippen molar-refractivity contribution in [2.45, 2.75) is 17.1 Å². The lowest BCUT2D eigenvalue weighted by Crippen LogP contribution is -2.12. The molecular weight excluding hydrogens is 302 g/mol. The third-order valence-electron chi connectivity index (χ3n) is 4.09. The van der Waals surface area contributed by atoms with Gasteiger partial charge >= 0.3 is 0 Å². The summed E-state index contributed by atoms with van der Waals surface area (Å²) in [6.07, 6.45) is 3.43.